The number of hydrogen-bond acceptors (Lipinski definition) is 3. The Morgan fingerprint density at radius 1 is 1.27 bits per heavy atom. The van der Waals surface area contributed by atoms with Crippen LogP contribution in [0.2, 0.25) is 5.02 Å². The van der Waals surface area contributed by atoms with Gasteiger partial charge in [-0.15, -0.1) is 0 Å². The van der Waals surface area contributed by atoms with Crippen molar-refractivity contribution in [3.8, 4) is 0 Å². The molecule has 0 saturated carbocycles. The zero-order valence-corrected chi connectivity index (χ0v) is 14.8. The molecule has 0 radical (unpaired) electrons. The van der Waals surface area contributed by atoms with E-state index in [-0.39, 0.29) is 10.9 Å². The lowest BCUT2D eigenvalue weighted by Gasteiger charge is -2.29. The van der Waals surface area contributed by atoms with Gasteiger partial charge >= 0.3 is 0 Å². The smallest absolute Gasteiger partial charge is 0.240 e. The van der Waals surface area contributed by atoms with Gasteiger partial charge in [-0.1, -0.05) is 31.5 Å². The molecule has 1 aliphatic heterocycles. The monoisotopic (exact) mass is 344 g/mol. The molecule has 1 fully saturated rings. The van der Waals surface area contributed by atoms with Gasteiger partial charge < -0.3 is 0 Å². The average molecular weight is 345 g/mol. The molecule has 1 aliphatic rings. The Hall–Kier alpha value is -0.620. The van der Waals surface area contributed by atoms with Gasteiger partial charge in [0.1, 0.15) is 0 Å². The summed E-state index contributed by atoms with van der Waals surface area (Å²) in [4.78, 5) is 2.63. The summed E-state index contributed by atoms with van der Waals surface area (Å²) in [6.07, 6.45) is 3.41. The van der Waals surface area contributed by atoms with Crippen molar-refractivity contribution in [1.82, 2.24) is 9.62 Å². The fourth-order valence-corrected chi connectivity index (χ4v) is 4.31. The minimum atomic E-state index is -3.50. The van der Waals surface area contributed by atoms with Gasteiger partial charge in [-0.2, -0.15) is 0 Å². The molecule has 1 aromatic carbocycles. The molecule has 124 valence electrons. The van der Waals surface area contributed by atoms with Crippen molar-refractivity contribution in [2.45, 2.75) is 44.0 Å². The van der Waals surface area contributed by atoms with Crippen LogP contribution in [-0.2, 0) is 10.0 Å². The highest BCUT2D eigenvalue weighted by atomic mass is 35.5. The van der Waals surface area contributed by atoms with Crippen LogP contribution in [0.1, 0.15) is 33.1 Å². The molecule has 6 heteroatoms. The number of halogens is 1. The van der Waals surface area contributed by atoms with Gasteiger partial charge in [0.25, 0.3) is 0 Å². The van der Waals surface area contributed by atoms with E-state index in [2.05, 4.69) is 23.5 Å². The first-order valence-electron chi connectivity index (χ1n) is 7.88. The minimum Gasteiger partial charge on any atom is -0.299 e. The van der Waals surface area contributed by atoms with E-state index in [0.717, 1.165) is 19.5 Å². The summed E-state index contributed by atoms with van der Waals surface area (Å²) in [5, 5.41) is 0.432. The SMILES string of the molecule is CC(C)CC(CNS(=O)(=O)c1cccc(Cl)c1)N1CCCC1. The van der Waals surface area contributed by atoms with Crippen LogP contribution < -0.4 is 4.72 Å². The summed E-state index contributed by atoms with van der Waals surface area (Å²) < 4.78 is 27.6. The van der Waals surface area contributed by atoms with Crippen LogP contribution in [-0.4, -0.2) is 39.0 Å². The Morgan fingerprint density at radius 2 is 1.95 bits per heavy atom. The van der Waals surface area contributed by atoms with Crippen LogP contribution in [0.3, 0.4) is 0 Å². The van der Waals surface area contributed by atoms with E-state index < -0.39 is 10.0 Å². The predicted octanol–water partition coefficient (Wildman–Crippen LogP) is 3.13. The second-order valence-corrected chi connectivity index (χ2v) is 8.54. The van der Waals surface area contributed by atoms with Crippen molar-refractivity contribution < 1.29 is 8.42 Å². The van der Waals surface area contributed by atoms with Crippen molar-refractivity contribution in [2.24, 2.45) is 5.92 Å². The quantitative estimate of drug-likeness (QED) is 0.826. The van der Waals surface area contributed by atoms with Crippen molar-refractivity contribution in [1.29, 1.82) is 0 Å². The molecule has 22 heavy (non-hydrogen) atoms. The van der Waals surface area contributed by atoms with E-state index >= 15 is 0 Å². The largest absolute Gasteiger partial charge is 0.299 e. The van der Waals surface area contributed by atoms with E-state index in [0.29, 0.717) is 17.5 Å². The lowest BCUT2D eigenvalue weighted by atomic mass is 10.0. The Kier molecular flexibility index (Phi) is 6.26. The third kappa shape index (κ3) is 4.95. The van der Waals surface area contributed by atoms with E-state index in [1.54, 1.807) is 18.2 Å². The fraction of sp³-hybridized carbons (Fsp3) is 0.625. The highest BCUT2D eigenvalue weighted by Crippen LogP contribution is 2.19. The number of nitrogens with one attached hydrogen (secondary N) is 1. The van der Waals surface area contributed by atoms with Gasteiger partial charge in [0.2, 0.25) is 10.0 Å². The van der Waals surface area contributed by atoms with E-state index in [1.165, 1.54) is 18.9 Å². The van der Waals surface area contributed by atoms with Crippen LogP contribution in [0.5, 0.6) is 0 Å². The molecule has 1 atom stereocenters. The second-order valence-electron chi connectivity index (χ2n) is 6.34. The van der Waals surface area contributed by atoms with Crippen LogP contribution >= 0.6 is 11.6 Å². The molecular formula is C16H25ClN2O2S. The summed E-state index contributed by atoms with van der Waals surface area (Å²) in [7, 11) is -3.50. The molecule has 1 aromatic rings. The first-order valence-corrected chi connectivity index (χ1v) is 9.74. The Bertz CT molecular complexity index is 584. The molecule has 1 unspecified atom stereocenters. The third-order valence-electron chi connectivity index (χ3n) is 4.02. The fourth-order valence-electron chi connectivity index (χ4n) is 2.94. The van der Waals surface area contributed by atoms with Crippen LogP contribution in [0.4, 0.5) is 0 Å². The number of benzene rings is 1. The van der Waals surface area contributed by atoms with E-state index in [1.807, 2.05) is 0 Å². The molecule has 0 spiro atoms. The van der Waals surface area contributed by atoms with E-state index in [9.17, 15) is 8.42 Å². The molecule has 4 nitrogen and oxygen atoms in total. The maximum absolute atomic E-state index is 12.4. The number of sulfonamides is 1. The maximum Gasteiger partial charge on any atom is 0.240 e. The number of likely N-dealkylation sites (tertiary alicyclic amines) is 1. The molecule has 1 heterocycles. The topological polar surface area (TPSA) is 49.4 Å². The Labute approximate surface area is 138 Å². The van der Waals surface area contributed by atoms with Crippen molar-refractivity contribution in [2.75, 3.05) is 19.6 Å². The highest BCUT2D eigenvalue weighted by molar-refractivity contribution is 7.89. The number of hydrogen-bond donors (Lipinski definition) is 1. The molecule has 2 rings (SSSR count). The summed E-state index contributed by atoms with van der Waals surface area (Å²) in [6.45, 7) is 6.93. The van der Waals surface area contributed by atoms with Gasteiger partial charge in [0.15, 0.2) is 0 Å². The minimum absolute atomic E-state index is 0.227. The standard InChI is InChI=1S/C16H25ClN2O2S/c1-13(2)10-15(19-8-3-4-9-19)12-18-22(20,21)16-7-5-6-14(17)11-16/h5-7,11,13,15,18H,3-4,8-10,12H2,1-2H3. The molecule has 0 amide bonds. The summed E-state index contributed by atoms with van der Waals surface area (Å²) in [5.41, 5.74) is 0. The normalized spacial score (nSPS) is 18.0. The zero-order chi connectivity index (χ0) is 16.2. The summed E-state index contributed by atoms with van der Waals surface area (Å²) >= 11 is 5.89. The highest BCUT2D eigenvalue weighted by Gasteiger charge is 2.25. The first-order chi connectivity index (χ1) is 10.4. The van der Waals surface area contributed by atoms with Crippen LogP contribution in [0, 0.1) is 5.92 Å². The van der Waals surface area contributed by atoms with Gasteiger partial charge in [0.05, 0.1) is 4.90 Å². The first kappa shape index (κ1) is 17.7. The van der Waals surface area contributed by atoms with E-state index in [4.69, 9.17) is 11.6 Å². The molecule has 0 aromatic heterocycles. The number of rotatable bonds is 7. The summed E-state index contributed by atoms with van der Waals surface area (Å²) in [6, 6.07) is 6.64. The lowest BCUT2D eigenvalue weighted by molar-refractivity contribution is 0.214. The van der Waals surface area contributed by atoms with Crippen LogP contribution in [0.15, 0.2) is 29.2 Å². The van der Waals surface area contributed by atoms with Crippen molar-refractivity contribution in [3.05, 3.63) is 29.3 Å². The molecular weight excluding hydrogens is 320 g/mol. The van der Waals surface area contributed by atoms with Crippen molar-refractivity contribution >= 4 is 21.6 Å². The van der Waals surface area contributed by atoms with Gasteiger partial charge in [-0.25, -0.2) is 13.1 Å². The van der Waals surface area contributed by atoms with Gasteiger partial charge in [-0.05, 0) is 56.5 Å². The third-order valence-corrected chi connectivity index (χ3v) is 5.67. The molecule has 1 N–H and O–H groups in total. The average Bonchev–Trinajstić information content (AvgIpc) is 2.97. The Balaban J connectivity index is 2.04. The molecule has 0 aliphatic carbocycles. The predicted molar refractivity (Wildman–Crippen MR) is 90.7 cm³/mol. The van der Waals surface area contributed by atoms with Gasteiger partial charge in [0, 0.05) is 17.6 Å². The van der Waals surface area contributed by atoms with Crippen LogP contribution in [0.25, 0.3) is 0 Å². The van der Waals surface area contributed by atoms with Gasteiger partial charge in [-0.3, -0.25) is 4.90 Å². The molecule has 1 saturated heterocycles. The zero-order valence-electron chi connectivity index (χ0n) is 13.3. The van der Waals surface area contributed by atoms with Crippen molar-refractivity contribution in [3.63, 3.8) is 0 Å². The summed E-state index contributed by atoms with van der Waals surface area (Å²) in [5.74, 6) is 0.543. The maximum atomic E-state index is 12.4. The lowest BCUT2D eigenvalue weighted by Crippen LogP contribution is -2.43. The Morgan fingerprint density at radius 3 is 2.55 bits per heavy atom. The second kappa shape index (κ2) is 7.77. The molecule has 0 bridgehead atoms. The number of nitrogens with zero attached hydrogens (tertiary/aromatic N) is 1.